The van der Waals surface area contributed by atoms with Crippen molar-refractivity contribution in [2.75, 3.05) is 44.2 Å². The van der Waals surface area contributed by atoms with Gasteiger partial charge >= 0.3 is 0 Å². The lowest BCUT2D eigenvalue weighted by Crippen LogP contribution is -2.36. The van der Waals surface area contributed by atoms with E-state index >= 15 is 0 Å². The number of likely N-dealkylation sites (tertiary alicyclic amines) is 1. The molecule has 2 fully saturated rings. The highest BCUT2D eigenvalue weighted by Gasteiger charge is 2.30. The molecule has 0 aliphatic carbocycles. The van der Waals surface area contributed by atoms with Crippen molar-refractivity contribution >= 4 is 23.2 Å². The van der Waals surface area contributed by atoms with Crippen molar-refractivity contribution in [3.8, 4) is 12.1 Å². The molecule has 0 saturated carbocycles. The van der Waals surface area contributed by atoms with Crippen LogP contribution < -0.4 is 4.90 Å². The van der Waals surface area contributed by atoms with E-state index in [4.69, 9.17) is 11.6 Å². The molecule has 0 aromatic heterocycles. The van der Waals surface area contributed by atoms with Crippen LogP contribution in [0.15, 0.2) is 53.9 Å². The summed E-state index contributed by atoms with van der Waals surface area (Å²) in [7, 11) is 0. The van der Waals surface area contributed by atoms with Gasteiger partial charge < -0.3 is 14.7 Å². The van der Waals surface area contributed by atoms with Crippen LogP contribution in [-0.4, -0.2) is 59.9 Å². The summed E-state index contributed by atoms with van der Waals surface area (Å²) >= 11 is 6.18. The third-order valence-electron chi connectivity index (χ3n) is 7.84. The SMILES string of the molecule is CCCN(C(=O)CCN1CCN(Cc2cccc(Cl)c2)C1=C(C#N)C#N)c1cccc(CN2CCCCC2)c1C. The second kappa shape index (κ2) is 14.2. The quantitative estimate of drug-likeness (QED) is 0.341. The van der Waals surface area contributed by atoms with Gasteiger partial charge in [0.15, 0.2) is 5.57 Å². The van der Waals surface area contributed by atoms with Crippen molar-refractivity contribution in [1.82, 2.24) is 14.7 Å². The lowest BCUT2D eigenvalue weighted by Gasteiger charge is -2.30. The first-order valence-electron chi connectivity index (χ1n) is 14.3. The molecule has 0 atom stereocenters. The summed E-state index contributed by atoms with van der Waals surface area (Å²) in [5.41, 5.74) is 4.50. The number of rotatable bonds is 10. The van der Waals surface area contributed by atoms with E-state index in [2.05, 4.69) is 49.1 Å². The fourth-order valence-electron chi connectivity index (χ4n) is 5.78. The standard InChI is InChI=1S/C32H39ClN6O/c1-3-14-39(30-12-8-10-27(25(30)2)24-36-15-5-4-6-16-36)31(40)13-17-37-18-19-38(32(37)28(21-34)22-35)23-26-9-7-11-29(33)20-26/h7-12,20H,3-6,13-19,23-24H2,1-2H3. The molecular weight excluding hydrogens is 520 g/mol. The van der Waals surface area contributed by atoms with E-state index in [1.54, 1.807) is 0 Å². The number of carbonyl (C=O) groups excluding carboxylic acids is 1. The topological polar surface area (TPSA) is 77.6 Å². The predicted molar refractivity (Wildman–Crippen MR) is 159 cm³/mol. The molecule has 0 N–H and O–H groups in total. The maximum absolute atomic E-state index is 13.7. The smallest absolute Gasteiger partial charge is 0.228 e. The Balaban J connectivity index is 1.48. The van der Waals surface area contributed by atoms with Gasteiger partial charge in [0.25, 0.3) is 0 Å². The van der Waals surface area contributed by atoms with Crippen LogP contribution in [0.2, 0.25) is 5.02 Å². The molecule has 2 aromatic carbocycles. The Morgan fingerprint density at radius 3 is 2.40 bits per heavy atom. The number of nitrogens with zero attached hydrogens (tertiary/aromatic N) is 6. The second-order valence-electron chi connectivity index (χ2n) is 10.7. The van der Waals surface area contributed by atoms with Gasteiger partial charge in [-0.3, -0.25) is 9.69 Å². The maximum Gasteiger partial charge on any atom is 0.228 e. The van der Waals surface area contributed by atoms with Crippen LogP contribution in [0.1, 0.15) is 55.7 Å². The monoisotopic (exact) mass is 558 g/mol. The maximum atomic E-state index is 13.7. The van der Waals surface area contributed by atoms with E-state index in [9.17, 15) is 15.3 Å². The van der Waals surface area contributed by atoms with Crippen molar-refractivity contribution in [1.29, 1.82) is 10.5 Å². The summed E-state index contributed by atoms with van der Waals surface area (Å²) < 4.78 is 0. The highest BCUT2D eigenvalue weighted by atomic mass is 35.5. The Bertz CT molecular complexity index is 1290. The number of anilines is 1. The predicted octanol–water partition coefficient (Wildman–Crippen LogP) is 5.84. The molecule has 7 nitrogen and oxygen atoms in total. The summed E-state index contributed by atoms with van der Waals surface area (Å²) in [6.07, 6.45) is 4.97. The van der Waals surface area contributed by atoms with E-state index in [-0.39, 0.29) is 11.5 Å². The van der Waals surface area contributed by atoms with Crippen LogP contribution >= 0.6 is 11.6 Å². The van der Waals surface area contributed by atoms with Crippen molar-refractivity contribution in [2.24, 2.45) is 0 Å². The number of nitriles is 2. The number of benzene rings is 2. The van der Waals surface area contributed by atoms with Crippen molar-refractivity contribution in [3.63, 3.8) is 0 Å². The van der Waals surface area contributed by atoms with Gasteiger partial charge in [-0.2, -0.15) is 10.5 Å². The highest BCUT2D eigenvalue weighted by Crippen LogP contribution is 2.28. The van der Waals surface area contributed by atoms with E-state index in [1.165, 1.54) is 30.4 Å². The van der Waals surface area contributed by atoms with E-state index in [1.807, 2.05) is 39.0 Å². The normalized spacial score (nSPS) is 15.6. The Hall–Kier alpha value is -3.52. The number of allylic oxidation sites excluding steroid dienone is 1. The third-order valence-corrected chi connectivity index (χ3v) is 8.08. The molecule has 2 heterocycles. The second-order valence-corrected chi connectivity index (χ2v) is 11.1. The fraction of sp³-hybridized carbons (Fsp3) is 0.469. The number of amides is 1. The lowest BCUT2D eigenvalue weighted by atomic mass is 10.0. The minimum Gasteiger partial charge on any atom is -0.354 e. The van der Waals surface area contributed by atoms with Gasteiger partial charge in [0.1, 0.15) is 18.0 Å². The minimum absolute atomic E-state index is 0.0585. The van der Waals surface area contributed by atoms with Gasteiger partial charge in [-0.15, -0.1) is 0 Å². The average molecular weight is 559 g/mol. The van der Waals surface area contributed by atoms with E-state index < -0.39 is 0 Å². The minimum atomic E-state index is 0.0585. The molecule has 2 aliphatic heterocycles. The van der Waals surface area contributed by atoms with Crippen LogP contribution in [0.3, 0.4) is 0 Å². The average Bonchev–Trinajstić information content (AvgIpc) is 3.35. The van der Waals surface area contributed by atoms with Gasteiger partial charge in [0.2, 0.25) is 5.91 Å². The molecule has 0 radical (unpaired) electrons. The number of piperidine rings is 1. The highest BCUT2D eigenvalue weighted by molar-refractivity contribution is 6.30. The van der Waals surface area contributed by atoms with Gasteiger partial charge in [0.05, 0.1) is 0 Å². The number of carbonyl (C=O) groups is 1. The molecule has 0 unspecified atom stereocenters. The summed E-state index contributed by atoms with van der Waals surface area (Å²) in [6.45, 7) is 10.4. The summed E-state index contributed by atoms with van der Waals surface area (Å²) in [6, 6.07) is 18.0. The van der Waals surface area contributed by atoms with Crippen LogP contribution in [0.5, 0.6) is 0 Å². The van der Waals surface area contributed by atoms with Crippen LogP contribution in [0.25, 0.3) is 0 Å². The van der Waals surface area contributed by atoms with Gasteiger partial charge in [-0.25, -0.2) is 0 Å². The Morgan fingerprint density at radius 1 is 0.975 bits per heavy atom. The third kappa shape index (κ3) is 7.16. The summed E-state index contributed by atoms with van der Waals surface area (Å²) in [4.78, 5) is 22.2. The van der Waals surface area contributed by atoms with Crippen LogP contribution in [0.4, 0.5) is 5.69 Å². The number of halogens is 1. The van der Waals surface area contributed by atoms with Gasteiger partial charge in [0, 0.05) is 56.4 Å². The molecule has 0 spiro atoms. The summed E-state index contributed by atoms with van der Waals surface area (Å²) in [5.74, 6) is 0.655. The van der Waals surface area contributed by atoms with E-state index in [0.717, 1.165) is 37.3 Å². The largest absolute Gasteiger partial charge is 0.354 e. The van der Waals surface area contributed by atoms with Gasteiger partial charge in [-0.1, -0.05) is 49.2 Å². The van der Waals surface area contributed by atoms with Gasteiger partial charge in [-0.05, 0) is 74.2 Å². The molecule has 40 heavy (non-hydrogen) atoms. The molecular formula is C32H39ClN6O. The first-order valence-corrected chi connectivity index (χ1v) is 14.7. The lowest BCUT2D eigenvalue weighted by molar-refractivity contribution is -0.118. The zero-order chi connectivity index (χ0) is 28.5. The molecule has 2 saturated heterocycles. The Kier molecular flexibility index (Phi) is 10.5. The zero-order valence-electron chi connectivity index (χ0n) is 23.7. The van der Waals surface area contributed by atoms with Crippen molar-refractivity contribution < 1.29 is 4.79 Å². The Labute approximate surface area is 243 Å². The molecule has 210 valence electrons. The zero-order valence-corrected chi connectivity index (χ0v) is 24.5. The Morgan fingerprint density at radius 2 is 1.70 bits per heavy atom. The molecule has 4 rings (SSSR count). The molecule has 2 aliphatic rings. The van der Waals surface area contributed by atoms with E-state index in [0.29, 0.717) is 50.0 Å². The van der Waals surface area contributed by atoms with Crippen LogP contribution in [-0.2, 0) is 17.9 Å². The first-order chi connectivity index (χ1) is 19.4. The molecule has 8 heteroatoms. The van der Waals surface area contributed by atoms with Crippen LogP contribution in [0, 0.1) is 29.6 Å². The number of hydrogen-bond acceptors (Lipinski definition) is 6. The van der Waals surface area contributed by atoms with Crippen molar-refractivity contribution in [2.45, 2.75) is 59.0 Å². The van der Waals surface area contributed by atoms with Crippen molar-refractivity contribution in [3.05, 3.63) is 75.6 Å². The number of hydrogen-bond donors (Lipinski definition) is 0. The fourth-order valence-corrected chi connectivity index (χ4v) is 6.00. The first kappa shape index (κ1) is 29.5. The molecule has 0 bridgehead atoms. The molecule has 2 aromatic rings. The molecule has 1 amide bonds. The summed E-state index contributed by atoms with van der Waals surface area (Å²) in [5, 5.41) is 20.1.